The average Bonchev–Trinajstić information content (AvgIpc) is 2.97. The summed E-state index contributed by atoms with van der Waals surface area (Å²) in [5.41, 5.74) is 2.92. The van der Waals surface area contributed by atoms with Gasteiger partial charge < -0.3 is 5.32 Å². The molecular formula is C18H25N3. The zero-order valence-electron chi connectivity index (χ0n) is 13.0. The lowest BCUT2D eigenvalue weighted by atomic mass is 9.67. The number of nitrogens with one attached hydrogen (secondary N) is 1. The highest BCUT2D eigenvalue weighted by atomic mass is 15.3. The van der Waals surface area contributed by atoms with Gasteiger partial charge in [-0.3, -0.25) is 0 Å². The molecule has 3 heteroatoms. The molecule has 2 aromatic rings. The molecule has 0 aliphatic heterocycles. The summed E-state index contributed by atoms with van der Waals surface area (Å²) in [6, 6.07) is 10.6. The normalized spacial score (nSPS) is 18.2. The predicted molar refractivity (Wildman–Crippen MR) is 86.6 cm³/mol. The number of benzene rings is 1. The van der Waals surface area contributed by atoms with Crippen LogP contribution in [0.1, 0.15) is 51.1 Å². The van der Waals surface area contributed by atoms with Gasteiger partial charge in [-0.2, -0.15) is 5.10 Å². The van der Waals surface area contributed by atoms with E-state index in [0.29, 0.717) is 11.5 Å². The molecular weight excluding hydrogens is 258 g/mol. The van der Waals surface area contributed by atoms with Gasteiger partial charge in [0.2, 0.25) is 0 Å². The molecule has 1 aromatic carbocycles. The van der Waals surface area contributed by atoms with Gasteiger partial charge in [-0.15, -0.1) is 0 Å². The molecule has 3 rings (SSSR count). The highest BCUT2D eigenvalue weighted by Gasteiger charge is 2.34. The summed E-state index contributed by atoms with van der Waals surface area (Å²) in [6.07, 6.45) is 9.56. The number of aromatic nitrogens is 2. The third kappa shape index (κ3) is 3.03. The fourth-order valence-corrected chi connectivity index (χ4v) is 3.10. The lowest BCUT2D eigenvalue weighted by Gasteiger charge is -2.42. The summed E-state index contributed by atoms with van der Waals surface area (Å²) >= 11 is 0. The Morgan fingerprint density at radius 2 is 2.05 bits per heavy atom. The standard InChI is InChI=1S/C18H25N3/c1-3-18(10-7-11-18)14-19-15(2)16-12-20-21(13-16)17-8-5-4-6-9-17/h4-6,8-9,12-13,15,19H,3,7,10-11,14H2,1-2H3. The Kier molecular flexibility index (Phi) is 4.11. The minimum atomic E-state index is 0.353. The number of rotatable bonds is 6. The van der Waals surface area contributed by atoms with Gasteiger partial charge in [0, 0.05) is 24.3 Å². The van der Waals surface area contributed by atoms with Gasteiger partial charge in [-0.1, -0.05) is 31.5 Å². The maximum Gasteiger partial charge on any atom is 0.0645 e. The van der Waals surface area contributed by atoms with Crippen LogP contribution in [0, 0.1) is 5.41 Å². The van der Waals surface area contributed by atoms with Crippen LogP contribution in [0.2, 0.25) is 0 Å². The minimum absolute atomic E-state index is 0.353. The van der Waals surface area contributed by atoms with E-state index in [1.165, 1.54) is 31.2 Å². The van der Waals surface area contributed by atoms with Crippen LogP contribution in [0.3, 0.4) is 0 Å². The van der Waals surface area contributed by atoms with Crippen molar-refractivity contribution in [2.45, 2.75) is 45.6 Å². The Hall–Kier alpha value is -1.61. The molecule has 0 saturated heterocycles. The van der Waals surface area contributed by atoms with E-state index in [-0.39, 0.29) is 0 Å². The van der Waals surface area contributed by atoms with Crippen molar-refractivity contribution in [2.75, 3.05) is 6.54 Å². The van der Waals surface area contributed by atoms with Crippen molar-refractivity contribution in [1.82, 2.24) is 15.1 Å². The zero-order valence-corrected chi connectivity index (χ0v) is 13.0. The molecule has 0 bridgehead atoms. The molecule has 0 spiro atoms. The van der Waals surface area contributed by atoms with Gasteiger partial charge in [0.15, 0.2) is 0 Å². The quantitative estimate of drug-likeness (QED) is 0.865. The lowest BCUT2D eigenvalue weighted by molar-refractivity contribution is 0.120. The molecule has 0 radical (unpaired) electrons. The second kappa shape index (κ2) is 6.02. The van der Waals surface area contributed by atoms with E-state index in [1.807, 2.05) is 29.1 Å². The van der Waals surface area contributed by atoms with Crippen LogP contribution in [0.4, 0.5) is 0 Å². The molecule has 1 aliphatic rings. The smallest absolute Gasteiger partial charge is 0.0645 e. The van der Waals surface area contributed by atoms with Gasteiger partial charge in [0.25, 0.3) is 0 Å². The van der Waals surface area contributed by atoms with E-state index in [9.17, 15) is 0 Å². The predicted octanol–water partition coefficient (Wildman–Crippen LogP) is 4.10. The number of hydrogen-bond acceptors (Lipinski definition) is 2. The Balaban J connectivity index is 1.63. The van der Waals surface area contributed by atoms with E-state index in [0.717, 1.165) is 12.2 Å². The molecule has 1 heterocycles. The first-order chi connectivity index (χ1) is 10.2. The molecule has 1 aromatic heterocycles. The Morgan fingerprint density at radius 3 is 2.67 bits per heavy atom. The molecule has 0 amide bonds. The van der Waals surface area contributed by atoms with Gasteiger partial charge in [-0.25, -0.2) is 4.68 Å². The number of hydrogen-bond donors (Lipinski definition) is 1. The Bertz CT molecular complexity index is 564. The third-order valence-electron chi connectivity index (χ3n) is 5.07. The SMILES string of the molecule is CCC1(CNC(C)c2cnn(-c3ccccc3)c2)CCC1. The molecule has 1 N–H and O–H groups in total. The molecule has 1 atom stereocenters. The summed E-state index contributed by atoms with van der Waals surface area (Å²) in [7, 11) is 0. The third-order valence-corrected chi connectivity index (χ3v) is 5.07. The minimum Gasteiger partial charge on any atom is -0.310 e. The highest BCUT2D eigenvalue weighted by molar-refractivity contribution is 5.31. The molecule has 3 nitrogen and oxygen atoms in total. The Labute approximate surface area is 127 Å². The second-order valence-electron chi connectivity index (χ2n) is 6.36. The van der Waals surface area contributed by atoms with Crippen LogP contribution in [-0.2, 0) is 0 Å². The maximum atomic E-state index is 4.48. The topological polar surface area (TPSA) is 29.9 Å². The monoisotopic (exact) mass is 283 g/mol. The summed E-state index contributed by atoms with van der Waals surface area (Å²) in [6.45, 7) is 5.68. The van der Waals surface area contributed by atoms with E-state index in [4.69, 9.17) is 0 Å². The second-order valence-corrected chi connectivity index (χ2v) is 6.36. The van der Waals surface area contributed by atoms with Crippen LogP contribution in [0.5, 0.6) is 0 Å². The van der Waals surface area contributed by atoms with Crippen LogP contribution < -0.4 is 5.32 Å². The maximum absolute atomic E-state index is 4.48. The van der Waals surface area contributed by atoms with E-state index < -0.39 is 0 Å². The summed E-state index contributed by atoms with van der Waals surface area (Å²) in [5, 5.41) is 8.19. The number of para-hydroxylation sites is 1. The van der Waals surface area contributed by atoms with Crippen LogP contribution in [-0.4, -0.2) is 16.3 Å². The van der Waals surface area contributed by atoms with E-state index in [2.05, 4.69) is 42.6 Å². The molecule has 1 aliphatic carbocycles. The van der Waals surface area contributed by atoms with Crippen molar-refractivity contribution in [3.8, 4) is 5.69 Å². The fourth-order valence-electron chi connectivity index (χ4n) is 3.10. The van der Waals surface area contributed by atoms with Crippen molar-refractivity contribution in [1.29, 1.82) is 0 Å². The number of nitrogens with zero attached hydrogens (tertiary/aromatic N) is 2. The van der Waals surface area contributed by atoms with Crippen molar-refractivity contribution in [3.05, 3.63) is 48.3 Å². The molecule has 1 fully saturated rings. The summed E-state index contributed by atoms with van der Waals surface area (Å²) in [5.74, 6) is 0. The molecule has 1 saturated carbocycles. The largest absolute Gasteiger partial charge is 0.310 e. The summed E-state index contributed by atoms with van der Waals surface area (Å²) in [4.78, 5) is 0. The fraction of sp³-hybridized carbons (Fsp3) is 0.500. The van der Waals surface area contributed by atoms with Crippen molar-refractivity contribution in [3.63, 3.8) is 0 Å². The van der Waals surface area contributed by atoms with Gasteiger partial charge >= 0.3 is 0 Å². The average molecular weight is 283 g/mol. The van der Waals surface area contributed by atoms with Crippen molar-refractivity contribution >= 4 is 0 Å². The first-order valence-corrected chi connectivity index (χ1v) is 8.06. The molecule has 21 heavy (non-hydrogen) atoms. The first-order valence-electron chi connectivity index (χ1n) is 8.06. The van der Waals surface area contributed by atoms with Gasteiger partial charge in [-0.05, 0) is 43.7 Å². The Morgan fingerprint density at radius 1 is 1.29 bits per heavy atom. The lowest BCUT2D eigenvalue weighted by Crippen LogP contribution is -2.40. The zero-order chi connectivity index (χ0) is 14.7. The van der Waals surface area contributed by atoms with Crippen LogP contribution in [0.25, 0.3) is 5.69 Å². The van der Waals surface area contributed by atoms with Gasteiger partial charge in [0.1, 0.15) is 0 Å². The molecule has 1 unspecified atom stereocenters. The van der Waals surface area contributed by atoms with Crippen LogP contribution in [0.15, 0.2) is 42.7 Å². The van der Waals surface area contributed by atoms with E-state index in [1.54, 1.807) is 0 Å². The van der Waals surface area contributed by atoms with Gasteiger partial charge in [0.05, 0.1) is 11.9 Å². The van der Waals surface area contributed by atoms with Crippen LogP contribution >= 0.6 is 0 Å². The molecule has 112 valence electrons. The van der Waals surface area contributed by atoms with Crippen molar-refractivity contribution in [2.24, 2.45) is 5.41 Å². The van der Waals surface area contributed by atoms with E-state index >= 15 is 0 Å². The van der Waals surface area contributed by atoms with Crippen molar-refractivity contribution < 1.29 is 0 Å². The first kappa shape index (κ1) is 14.3. The summed E-state index contributed by atoms with van der Waals surface area (Å²) < 4.78 is 1.95. The highest BCUT2D eigenvalue weighted by Crippen LogP contribution is 2.43.